The van der Waals surface area contributed by atoms with Crippen molar-refractivity contribution in [2.45, 2.75) is 39.4 Å². The van der Waals surface area contributed by atoms with Crippen molar-refractivity contribution in [3.05, 3.63) is 53.2 Å². The van der Waals surface area contributed by atoms with Gasteiger partial charge in [-0.3, -0.25) is 4.68 Å². The maximum absolute atomic E-state index is 4.35. The quantitative estimate of drug-likeness (QED) is 0.788. The minimum Gasteiger partial charge on any atom is -0.307 e. The normalized spacial score (nSPS) is 12.1. The minimum atomic E-state index is 0.124. The van der Waals surface area contributed by atoms with Crippen molar-refractivity contribution < 1.29 is 0 Å². The Morgan fingerprint density at radius 2 is 2.00 bits per heavy atom. The second kappa shape index (κ2) is 5.62. The van der Waals surface area contributed by atoms with Gasteiger partial charge in [0.1, 0.15) is 0 Å². The average molecular weight is 299 g/mol. The van der Waals surface area contributed by atoms with Crippen LogP contribution in [0, 0.1) is 0 Å². The SMILES string of the molecule is CC(C)(C)NCc1sc2ccccc2c1Cn1cccn1. The molecule has 4 heteroatoms. The van der Waals surface area contributed by atoms with Crippen LogP contribution in [-0.4, -0.2) is 15.3 Å². The molecule has 3 rings (SSSR count). The standard InChI is InChI=1S/C17H21N3S/c1-17(2,3)18-11-16-14(12-20-10-6-9-19-20)13-7-4-5-8-15(13)21-16/h4-10,18H,11-12H2,1-3H3. The van der Waals surface area contributed by atoms with Gasteiger partial charge in [-0.2, -0.15) is 5.10 Å². The van der Waals surface area contributed by atoms with Crippen LogP contribution in [-0.2, 0) is 13.1 Å². The van der Waals surface area contributed by atoms with Crippen molar-refractivity contribution in [3.8, 4) is 0 Å². The van der Waals surface area contributed by atoms with Gasteiger partial charge in [-0.25, -0.2) is 0 Å². The molecular formula is C17H21N3S. The van der Waals surface area contributed by atoms with Crippen LogP contribution in [0.4, 0.5) is 0 Å². The number of hydrogen-bond acceptors (Lipinski definition) is 3. The molecule has 0 aliphatic carbocycles. The Hall–Kier alpha value is -1.65. The molecule has 1 aromatic carbocycles. The third kappa shape index (κ3) is 3.34. The zero-order valence-corrected chi connectivity index (χ0v) is 13.6. The Bertz CT molecular complexity index is 720. The fourth-order valence-corrected chi connectivity index (χ4v) is 3.52. The highest BCUT2D eigenvalue weighted by atomic mass is 32.1. The Kier molecular flexibility index (Phi) is 3.83. The molecule has 0 saturated carbocycles. The smallest absolute Gasteiger partial charge is 0.0676 e. The Morgan fingerprint density at radius 1 is 1.19 bits per heavy atom. The summed E-state index contributed by atoms with van der Waals surface area (Å²) in [5.41, 5.74) is 1.51. The van der Waals surface area contributed by atoms with Crippen LogP contribution < -0.4 is 5.32 Å². The molecule has 3 aromatic rings. The van der Waals surface area contributed by atoms with Crippen LogP contribution in [0.5, 0.6) is 0 Å². The third-order valence-corrected chi connectivity index (χ3v) is 4.65. The maximum Gasteiger partial charge on any atom is 0.0676 e. The number of fused-ring (bicyclic) bond motifs is 1. The number of hydrogen-bond donors (Lipinski definition) is 1. The van der Waals surface area contributed by atoms with Gasteiger partial charge in [-0.05, 0) is 43.9 Å². The van der Waals surface area contributed by atoms with Crippen molar-refractivity contribution in [1.29, 1.82) is 0 Å². The number of benzene rings is 1. The van der Waals surface area contributed by atoms with E-state index in [1.165, 1.54) is 20.5 Å². The summed E-state index contributed by atoms with van der Waals surface area (Å²) in [5.74, 6) is 0. The highest BCUT2D eigenvalue weighted by molar-refractivity contribution is 7.19. The molecule has 0 fully saturated rings. The molecule has 0 spiro atoms. The van der Waals surface area contributed by atoms with E-state index < -0.39 is 0 Å². The largest absolute Gasteiger partial charge is 0.307 e. The molecule has 0 atom stereocenters. The third-order valence-electron chi connectivity index (χ3n) is 3.44. The van der Waals surface area contributed by atoms with E-state index in [2.05, 4.69) is 55.5 Å². The summed E-state index contributed by atoms with van der Waals surface area (Å²) in [6.07, 6.45) is 3.86. The molecule has 0 amide bonds. The van der Waals surface area contributed by atoms with Gasteiger partial charge in [0.2, 0.25) is 0 Å². The lowest BCUT2D eigenvalue weighted by molar-refractivity contribution is 0.425. The number of thiophene rings is 1. The van der Waals surface area contributed by atoms with E-state index in [4.69, 9.17) is 0 Å². The molecular weight excluding hydrogens is 278 g/mol. The second-order valence-corrected chi connectivity index (χ2v) is 7.44. The van der Waals surface area contributed by atoms with Crippen molar-refractivity contribution in [2.24, 2.45) is 0 Å². The van der Waals surface area contributed by atoms with Gasteiger partial charge in [0.15, 0.2) is 0 Å². The highest BCUT2D eigenvalue weighted by Gasteiger charge is 2.15. The summed E-state index contributed by atoms with van der Waals surface area (Å²) in [4.78, 5) is 1.40. The summed E-state index contributed by atoms with van der Waals surface area (Å²) in [6.45, 7) is 8.34. The van der Waals surface area contributed by atoms with Gasteiger partial charge in [-0.15, -0.1) is 11.3 Å². The number of rotatable bonds is 4. The average Bonchev–Trinajstić information content (AvgIpc) is 3.05. The first-order chi connectivity index (χ1) is 10.0. The van der Waals surface area contributed by atoms with Crippen molar-refractivity contribution in [2.75, 3.05) is 0 Å². The predicted molar refractivity (Wildman–Crippen MR) is 89.7 cm³/mol. The number of aromatic nitrogens is 2. The lowest BCUT2D eigenvalue weighted by atomic mass is 10.1. The van der Waals surface area contributed by atoms with Crippen LogP contribution in [0.1, 0.15) is 31.2 Å². The molecule has 1 N–H and O–H groups in total. The van der Waals surface area contributed by atoms with Crippen LogP contribution in [0.2, 0.25) is 0 Å². The molecule has 0 aliphatic rings. The lowest BCUT2D eigenvalue weighted by Crippen LogP contribution is -2.35. The fourth-order valence-electron chi connectivity index (χ4n) is 2.37. The van der Waals surface area contributed by atoms with Crippen LogP contribution in [0.25, 0.3) is 10.1 Å². The second-order valence-electron chi connectivity index (χ2n) is 6.31. The van der Waals surface area contributed by atoms with Crippen molar-refractivity contribution in [1.82, 2.24) is 15.1 Å². The molecule has 0 saturated heterocycles. The van der Waals surface area contributed by atoms with Crippen molar-refractivity contribution >= 4 is 21.4 Å². The van der Waals surface area contributed by atoms with E-state index in [0.29, 0.717) is 0 Å². The molecule has 0 bridgehead atoms. The Balaban J connectivity index is 1.97. The van der Waals surface area contributed by atoms with E-state index in [-0.39, 0.29) is 5.54 Å². The van der Waals surface area contributed by atoms with Gasteiger partial charge in [-0.1, -0.05) is 18.2 Å². The Labute approximate surface area is 129 Å². The molecule has 110 valence electrons. The lowest BCUT2D eigenvalue weighted by Gasteiger charge is -2.20. The zero-order valence-electron chi connectivity index (χ0n) is 12.8. The topological polar surface area (TPSA) is 29.9 Å². The van der Waals surface area contributed by atoms with E-state index >= 15 is 0 Å². The van der Waals surface area contributed by atoms with Crippen LogP contribution in [0.3, 0.4) is 0 Å². The van der Waals surface area contributed by atoms with E-state index in [0.717, 1.165) is 13.1 Å². The van der Waals surface area contributed by atoms with E-state index in [1.807, 2.05) is 34.5 Å². The van der Waals surface area contributed by atoms with Crippen molar-refractivity contribution in [3.63, 3.8) is 0 Å². The summed E-state index contributed by atoms with van der Waals surface area (Å²) >= 11 is 1.88. The van der Waals surface area contributed by atoms with Gasteiger partial charge in [0.05, 0.1) is 6.54 Å². The molecule has 2 aromatic heterocycles. The summed E-state index contributed by atoms with van der Waals surface area (Å²) in [7, 11) is 0. The summed E-state index contributed by atoms with van der Waals surface area (Å²) in [5, 5.41) is 9.30. The van der Waals surface area contributed by atoms with Gasteiger partial charge in [0, 0.05) is 34.1 Å². The van der Waals surface area contributed by atoms with Gasteiger partial charge < -0.3 is 5.32 Å². The van der Waals surface area contributed by atoms with Gasteiger partial charge >= 0.3 is 0 Å². The molecule has 0 aliphatic heterocycles. The monoisotopic (exact) mass is 299 g/mol. The first kappa shape index (κ1) is 14.3. The van der Waals surface area contributed by atoms with Crippen LogP contribution in [0.15, 0.2) is 42.7 Å². The maximum atomic E-state index is 4.35. The summed E-state index contributed by atoms with van der Waals surface area (Å²) < 4.78 is 3.35. The first-order valence-electron chi connectivity index (χ1n) is 7.25. The summed E-state index contributed by atoms with van der Waals surface area (Å²) in [6, 6.07) is 10.6. The fraction of sp³-hybridized carbons (Fsp3) is 0.353. The molecule has 0 unspecified atom stereocenters. The van der Waals surface area contributed by atoms with Crippen LogP contribution >= 0.6 is 11.3 Å². The minimum absolute atomic E-state index is 0.124. The predicted octanol–water partition coefficient (Wildman–Crippen LogP) is 4.03. The molecule has 3 nitrogen and oxygen atoms in total. The molecule has 21 heavy (non-hydrogen) atoms. The molecule has 2 heterocycles. The van der Waals surface area contributed by atoms with Gasteiger partial charge in [0.25, 0.3) is 0 Å². The zero-order chi connectivity index (χ0) is 14.9. The Morgan fingerprint density at radius 3 is 2.71 bits per heavy atom. The van der Waals surface area contributed by atoms with E-state index in [1.54, 1.807) is 0 Å². The number of nitrogens with one attached hydrogen (secondary N) is 1. The number of nitrogens with zero attached hydrogens (tertiary/aromatic N) is 2. The van der Waals surface area contributed by atoms with E-state index in [9.17, 15) is 0 Å². The highest BCUT2D eigenvalue weighted by Crippen LogP contribution is 2.32. The molecule has 0 radical (unpaired) electrons. The first-order valence-corrected chi connectivity index (χ1v) is 8.06.